The first-order chi connectivity index (χ1) is 17.0. The molecule has 0 aromatic heterocycles. The van der Waals surface area contributed by atoms with Crippen LogP contribution in [0.25, 0.3) is 0 Å². The van der Waals surface area contributed by atoms with Crippen molar-refractivity contribution in [3.63, 3.8) is 0 Å². The summed E-state index contributed by atoms with van der Waals surface area (Å²) in [6, 6.07) is 6.79. The van der Waals surface area contributed by atoms with E-state index >= 15 is 0 Å². The fraction of sp³-hybridized carbons (Fsp3) is 0.571. The minimum Gasteiger partial charge on any atom is -0.460 e. The summed E-state index contributed by atoms with van der Waals surface area (Å²) in [4.78, 5) is 25.8. The van der Waals surface area contributed by atoms with Gasteiger partial charge in [-0.05, 0) is 38.7 Å². The van der Waals surface area contributed by atoms with Crippen molar-refractivity contribution < 1.29 is 37.0 Å². The molecule has 2 aliphatic rings. The monoisotopic (exact) mass is 508 g/mol. The fourth-order valence-electron chi connectivity index (χ4n) is 4.94. The van der Waals surface area contributed by atoms with Crippen LogP contribution in [0.4, 0.5) is 13.2 Å². The van der Waals surface area contributed by atoms with Gasteiger partial charge < -0.3 is 14.2 Å². The van der Waals surface area contributed by atoms with Gasteiger partial charge in [0.2, 0.25) is 0 Å². The van der Waals surface area contributed by atoms with Crippen LogP contribution in [0.2, 0.25) is 0 Å². The van der Waals surface area contributed by atoms with E-state index in [9.17, 15) is 22.8 Å². The van der Waals surface area contributed by atoms with Crippen LogP contribution in [0.5, 0.6) is 0 Å². The molecule has 1 heterocycles. The number of benzene rings is 1. The zero-order valence-electron chi connectivity index (χ0n) is 21.3. The lowest BCUT2D eigenvalue weighted by Gasteiger charge is -2.41. The van der Waals surface area contributed by atoms with Crippen molar-refractivity contribution in [1.29, 1.82) is 0 Å². The molecule has 1 aliphatic heterocycles. The summed E-state index contributed by atoms with van der Waals surface area (Å²) in [5.74, 6) is -1.88. The first-order valence-electron chi connectivity index (χ1n) is 12.5. The fourth-order valence-corrected chi connectivity index (χ4v) is 4.94. The number of esters is 2. The number of rotatable bonds is 12. The van der Waals surface area contributed by atoms with Crippen molar-refractivity contribution in [2.75, 3.05) is 7.11 Å². The molecule has 1 aromatic carbocycles. The highest BCUT2D eigenvalue weighted by molar-refractivity contribution is 5.87. The van der Waals surface area contributed by atoms with Crippen molar-refractivity contribution in [3.05, 3.63) is 59.2 Å². The maximum absolute atomic E-state index is 14.4. The Bertz CT molecular complexity index is 996. The summed E-state index contributed by atoms with van der Waals surface area (Å²) in [5.41, 5.74) is -2.81. The van der Waals surface area contributed by atoms with E-state index in [0.29, 0.717) is 31.3 Å². The molecule has 1 saturated heterocycles. The second-order valence-electron chi connectivity index (χ2n) is 9.84. The molecule has 0 radical (unpaired) electrons. The highest BCUT2D eigenvalue weighted by Crippen LogP contribution is 2.52. The normalized spacial score (nSPS) is 23.5. The van der Waals surface area contributed by atoms with E-state index in [1.165, 1.54) is 24.3 Å². The second-order valence-corrected chi connectivity index (χ2v) is 9.84. The topological polar surface area (TPSA) is 61.8 Å². The average molecular weight is 509 g/mol. The Morgan fingerprint density at radius 1 is 1.19 bits per heavy atom. The molecule has 36 heavy (non-hydrogen) atoms. The van der Waals surface area contributed by atoms with Gasteiger partial charge in [-0.2, -0.15) is 13.2 Å². The maximum atomic E-state index is 14.4. The van der Waals surface area contributed by atoms with Gasteiger partial charge in [0.25, 0.3) is 5.60 Å². The molecule has 198 valence electrons. The van der Waals surface area contributed by atoms with Crippen molar-refractivity contribution in [3.8, 4) is 0 Å². The molecule has 0 unspecified atom stereocenters. The standard InChI is InChI=1S/C28H35F3O5/c1-5-6-7-11-14-22(20-17-23-26(18-20,24(32)36-23)16-15-19(2)3)35-25(33)27(34-4,28(29,30)31)21-12-9-8-10-13-21/h8-10,12-13,15,18,22-23H,5-7,11,14,16-17H2,1-4H3/t22-,23-,26+,27-/m0/s1. The number of carbonyl (C=O) groups excluding carboxylic acids is 2. The van der Waals surface area contributed by atoms with E-state index in [0.717, 1.165) is 31.9 Å². The van der Waals surface area contributed by atoms with Crippen LogP contribution in [0.3, 0.4) is 0 Å². The lowest BCUT2D eigenvalue weighted by atomic mass is 9.77. The zero-order valence-corrected chi connectivity index (χ0v) is 21.3. The summed E-state index contributed by atoms with van der Waals surface area (Å²) in [5, 5.41) is 0. The van der Waals surface area contributed by atoms with Gasteiger partial charge in [0.05, 0.1) is 0 Å². The number of halogens is 3. The van der Waals surface area contributed by atoms with Gasteiger partial charge in [-0.15, -0.1) is 0 Å². The van der Waals surface area contributed by atoms with Crippen LogP contribution in [0, 0.1) is 5.41 Å². The van der Waals surface area contributed by atoms with Crippen LogP contribution >= 0.6 is 0 Å². The van der Waals surface area contributed by atoms with Gasteiger partial charge in [0.15, 0.2) is 0 Å². The van der Waals surface area contributed by atoms with E-state index in [1.54, 1.807) is 12.1 Å². The summed E-state index contributed by atoms with van der Waals surface area (Å²) in [7, 11) is 0.855. The Morgan fingerprint density at radius 2 is 1.89 bits per heavy atom. The molecule has 0 saturated carbocycles. The Balaban J connectivity index is 1.95. The third-order valence-corrected chi connectivity index (χ3v) is 7.07. The van der Waals surface area contributed by atoms with Crippen molar-refractivity contribution in [1.82, 2.24) is 0 Å². The van der Waals surface area contributed by atoms with Crippen molar-refractivity contribution >= 4 is 11.9 Å². The predicted molar refractivity (Wildman–Crippen MR) is 129 cm³/mol. The van der Waals surface area contributed by atoms with Crippen molar-refractivity contribution in [2.45, 2.75) is 89.7 Å². The van der Waals surface area contributed by atoms with Gasteiger partial charge in [-0.1, -0.05) is 74.2 Å². The predicted octanol–water partition coefficient (Wildman–Crippen LogP) is 6.57. The quantitative estimate of drug-likeness (QED) is 0.182. The molecule has 0 bridgehead atoms. The number of carbonyl (C=O) groups is 2. The number of fused-ring (bicyclic) bond motifs is 1. The van der Waals surface area contributed by atoms with E-state index in [-0.39, 0.29) is 11.5 Å². The second kappa shape index (κ2) is 11.2. The zero-order chi connectivity index (χ0) is 26.6. The van der Waals surface area contributed by atoms with Gasteiger partial charge in [0.1, 0.15) is 17.6 Å². The highest BCUT2D eigenvalue weighted by Gasteiger charge is 2.65. The molecule has 0 N–H and O–H groups in total. The van der Waals surface area contributed by atoms with Gasteiger partial charge in [-0.3, -0.25) is 4.79 Å². The molecular formula is C28H35F3O5. The smallest absolute Gasteiger partial charge is 0.432 e. The average Bonchev–Trinajstić information content (AvgIpc) is 3.12. The molecular weight excluding hydrogens is 473 g/mol. The Morgan fingerprint density at radius 3 is 2.44 bits per heavy atom. The Kier molecular flexibility index (Phi) is 8.70. The minimum atomic E-state index is -5.06. The van der Waals surface area contributed by atoms with Gasteiger partial charge in [-0.25, -0.2) is 4.79 Å². The molecule has 1 fully saturated rings. The third kappa shape index (κ3) is 5.24. The molecule has 5 nitrogen and oxygen atoms in total. The number of alkyl halides is 3. The molecule has 4 atom stereocenters. The molecule has 1 aromatic rings. The first-order valence-corrected chi connectivity index (χ1v) is 12.5. The minimum absolute atomic E-state index is 0.325. The number of methoxy groups -OCH3 is 1. The summed E-state index contributed by atoms with van der Waals surface area (Å²) in [6.45, 7) is 5.91. The largest absolute Gasteiger partial charge is 0.460 e. The summed E-state index contributed by atoms with van der Waals surface area (Å²) in [6.07, 6.45) is 1.92. The number of unbranched alkanes of at least 4 members (excludes halogenated alkanes) is 3. The first kappa shape index (κ1) is 28.0. The third-order valence-electron chi connectivity index (χ3n) is 7.07. The van der Waals surface area contributed by atoms with Crippen LogP contribution < -0.4 is 0 Å². The van der Waals surface area contributed by atoms with Gasteiger partial charge in [0, 0.05) is 19.1 Å². The lowest BCUT2D eigenvalue weighted by molar-refractivity contribution is -0.277. The molecule has 0 spiro atoms. The number of hydrogen-bond acceptors (Lipinski definition) is 5. The van der Waals surface area contributed by atoms with Crippen LogP contribution in [0.15, 0.2) is 53.6 Å². The molecule has 1 aliphatic carbocycles. The maximum Gasteiger partial charge on any atom is 0.432 e. The lowest BCUT2D eigenvalue weighted by Crippen LogP contribution is -2.52. The molecule has 8 heteroatoms. The van der Waals surface area contributed by atoms with Crippen molar-refractivity contribution in [2.24, 2.45) is 5.41 Å². The molecule has 3 rings (SSSR count). The molecule has 0 amide bonds. The van der Waals surface area contributed by atoms with Crippen LogP contribution in [-0.4, -0.2) is 37.4 Å². The Labute approximate surface area is 210 Å². The Hall–Kier alpha value is -2.61. The van der Waals surface area contributed by atoms with E-state index in [2.05, 4.69) is 6.92 Å². The summed E-state index contributed by atoms with van der Waals surface area (Å²) >= 11 is 0. The highest BCUT2D eigenvalue weighted by atomic mass is 19.4. The van der Waals surface area contributed by atoms with Crippen LogP contribution in [0.1, 0.15) is 71.3 Å². The number of allylic oxidation sites excluding steroid dienone is 2. The van der Waals surface area contributed by atoms with E-state index in [4.69, 9.17) is 14.2 Å². The SMILES string of the molecule is CCCCCC[C@H](OC(=O)[C@@](OC)(c1ccccc1)C(F)(F)F)C1=C[C@@]2(CC=C(C)C)C(=O)O[C@H]2C1. The summed E-state index contributed by atoms with van der Waals surface area (Å²) < 4.78 is 59.1. The van der Waals surface area contributed by atoms with Gasteiger partial charge >= 0.3 is 18.1 Å². The van der Waals surface area contributed by atoms with E-state index in [1.807, 2.05) is 19.9 Å². The van der Waals surface area contributed by atoms with Crippen LogP contribution in [-0.2, 0) is 29.4 Å². The van der Waals surface area contributed by atoms with E-state index < -0.39 is 35.4 Å². The number of ether oxygens (including phenoxy) is 3. The number of hydrogen-bond donors (Lipinski definition) is 0.